The van der Waals surface area contributed by atoms with Crippen molar-refractivity contribution >= 4 is 17.6 Å². The number of guanidine groups is 1. The molecule has 1 unspecified atom stereocenters. The summed E-state index contributed by atoms with van der Waals surface area (Å²) in [5.41, 5.74) is 1.51. The van der Waals surface area contributed by atoms with Crippen LogP contribution in [0.1, 0.15) is 23.7 Å². The van der Waals surface area contributed by atoms with Gasteiger partial charge in [0.05, 0.1) is 12.1 Å². The smallest absolute Gasteiger partial charge is 0.255 e. The average Bonchev–Trinajstić information content (AvgIpc) is 3.20. The topological polar surface area (TPSA) is 89.0 Å². The number of anilines is 1. The number of hydrogen-bond donors (Lipinski definition) is 4. The van der Waals surface area contributed by atoms with E-state index in [0.29, 0.717) is 19.1 Å². The zero-order chi connectivity index (χ0) is 20.5. The summed E-state index contributed by atoms with van der Waals surface area (Å²) >= 11 is 0. The molecule has 2 aromatic carbocycles. The molecule has 1 atom stereocenters. The lowest BCUT2D eigenvalue weighted by molar-refractivity contribution is 0.0952. The molecule has 0 aliphatic carbocycles. The Balaban J connectivity index is 1.47. The van der Waals surface area contributed by atoms with Crippen molar-refractivity contribution in [2.24, 2.45) is 4.99 Å². The lowest BCUT2D eigenvalue weighted by atomic mass is 10.2. The van der Waals surface area contributed by atoms with Gasteiger partial charge in [-0.25, -0.2) is 0 Å². The number of rotatable bonds is 7. The SMILES string of the molecule is CCNC(=NCCNC(=O)c1ccccc1O)NC1CCN(c2ccccc2)C1. The summed E-state index contributed by atoms with van der Waals surface area (Å²) in [5, 5.41) is 19.3. The first-order chi connectivity index (χ1) is 14.2. The van der Waals surface area contributed by atoms with E-state index >= 15 is 0 Å². The number of para-hydroxylation sites is 2. The fourth-order valence-corrected chi connectivity index (χ4v) is 3.36. The number of amides is 1. The molecule has 3 rings (SSSR count). The normalized spacial score (nSPS) is 16.5. The predicted molar refractivity (Wildman–Crippen MR) is 117 cm³/mol. The first kappa shape index (κ1) is 20.5. The van der Waals surface area contributed by atoms with Crippen molar-refractivity contribution in [1.29, 1.82) is 0 Å². The van der Waals surface area contributed by atoms with E-state index in [0.717, 1.165) is 32.0 Å². The Kier molecular flexibility index (Phi) is 7.33. The highest BCUT2D eigenvalue weighted by Crippen LogP contribution is 2.19. The molecule has 0 bridgehead atoms. The Bertz CT molecular complexity index is 825. The Morgan fingerprint density at radius 2 is 1.90 bits per heavy atom. The Morgan fingerprint density at radius 1 is 1.14 bits per heavy atom. The highest BCUT2D eigenvalue weighted by atomic mass is 16.3. The monoisotopic (exact) mass is 395 g/mol. The highest BCUT2D eigenvalue weighted by molar-refractivity contribution is 5.96. The lowest BCUT2D eigenvalue weighted by Crippen LogP contribution is -2.45. The molecule has 1 aliphatic heterocycles. The lowest BCUT2D eigenvalue weighted by Gasteiger charge is -2.20. The minimum atomic E-state index is -0.300. The number of hydrogen-bond acceptors (Lipinski definition) is 4. The van der Waals surface area contributed by atoms with Crippen LogP contribution in [-0.2, 0) is 0 Å². The van der Waals surface area contributed by atoms with E-state index in [9.17, 15) is 9.90 Å². The van der Waals surface area contributed by atoms with Crippen molar-refractivity contribution < 1.29 is 9.90 Å². The second-order valence-electron chi connectivity index (χ2n) is 6.95. The summed E-state index contributed by atoms with van der Waals surface area (Å²) in [7, 11) is 0. The van der Waals surface area contributed by atoms with Crippen LogP contribution in [-0.4, -0.2) is 55.7 Å². The molecule has 0 aromatic heterocycles. The maximum absolute atomic E-state index is 12.1. The minimum Gasteiger partial charge on any atom is -0.507 e. The number of phenolic OH excluding ortho intramolecular Hbond substituents is 1. The van der Waals surface area contributed by atoms with Crippen molar-refractivity contribution in [3.63, 3.8) is 0 Å². The number of aromatic hydroxyl groups is 1. The van der Waals surface area contributed by atoms with Crippen LogP contribution in [0.2, 0.25) is 0 Å². The van der Waals surface area contributed by atoms with Crippen LogP contribution in [0.25, 0.3) is 0 Å². The van der Waals surface area contributed by atoms with Gasteiger partial charge >= 0.3 is 0 Å². The summed E-state index contributed by atoms with van der Waals surface area (Å²) in [6.45, 7) is 5.58. The van der Waals surface area contributed by atoms with Gasteiger partial charge in [0.15, 0.2) is 5.96 Å². The number of benzene rings is 2. The number of carbonyl (C=O) groups excluding carboxylic acids is 1. The number of aliphatic imine (C=N–C) groups is 1. The van der Waals surface area contributed by atoms with Gasteiger partial charge in [-0.15, -0.1) is 0 Å². The summed E-state index contributed by atoms with van der Waals surface area (Å²) in [6.07, 6.45) is 1.04. The van der Waals surface area contributed by atoms with Crippen molar-refractivity contribution in [3.8, 4) is 5.75 Å². The molecule has 1 amide bonds. The quantitative estimate of drug-likeness (QED) is 0.327. The first-order valence-corrected chi connectivity index (χ1v) is 10.1. The molecule has 0 spiro atoms. The van der Waals surface area contributed by atoms with Crippen LogP contribution in [0.5, 0.6) is 5.75 Å². The minimum absolute atomic E-state index is 0.0206. The third-order valence-corrected chi connectivity index (χ3v) is 4.81. The van der Waals surface area contributed by atoms with E-state index in [1.807, 2.05) is 13.0 Å². The molecule has 7 heteroatoms. The van der Waals surface area contributed by atoms with Gasteiger partial charge in [0.1, 0.15) is 5.75 Å². The zero-order valence-corrected chi connectivity index (χ0v) is 16.8. The van der Waals surface area contributed by atoms with Gasteiger partial charge < -0.3 is 26.0 Å². The van der Waals surface area contributed by atoms with Gasteiger partial charge in [0.25, 0.3) is 5.91 Å². The number of nitrogens with zero attached hydrogens (tertiary/aromatic N) is 2. The van der Waals surface area contributed by atoms with Gasteiger partial charge in [-0.1, -0.05) is 30.3 Å². The maximum atomic E-state index is 12.1. The summed E-state index contributed by atoms with van der Waals surface area (Å²) in [4.78, 5) is 19.1. The molecular weight excluding hydrogens is 366 g/mol. The van der Waals surface area contributed by atoms with E-state index in [-0.39, 0.29) is 17.2 Å². The van der Waals surface area contributed by atoms with E-state index in [1.54, 1.807) is 18.2 Å². The first-order valence-electron chi connectivity index (χ1n) is 10.1. The van der Waals surface area contributed by atoms with E-state index in [4.69, 9.17) is 0 Å². The molecule has 0 saturated carbocycles. The fraction of sp³-hybridized carbons (Fsp3) is 0.364. The Morgan fingerprint density at radius 3 is 2.66 bits per heavy atom. The van der Waals surface area contributed by atoms with Crippen molar-refractivity contribution in [3.05, 3.63) is 60.2 Å². The molecule has 29 heavy (non-hydrogen) atoms. The molecule has 1 saturated heterocycles. The second-order valence-corrected chi connectivity index (χ2v) is 6.95. The summed E-state index contributed by atoms with van der Waals surface area (Å²) in [6, 6.07) is 17.2. The molecule has 4 N–H and O–H groups in total. The number of nitrogens with one attached hydrogen (secondary N) is 3. The molecule has 0 radical (unpaired) electrons. The molecule has 154 valence electrons. The van der Waals surface area contributed by atoms with Crippen LogP contribution in [0.3, 0.4) is 0 Å². The fourth-order valence-electron chi connectivity index (χ4n) is 3.36. The third kappa shape index (κ3) is 5.88. The van der Waals surface area contributed by atoms with Gasteiger partial charge in [-0.2, -0.15) is 0 Å². The highest BCUT2D eigenvalue weighted by Gasteiger charge is 2.23. The van der Waals surface area contributed by atoms with Gasteiger partial charge in [0, 0.05) is 37.9 Å². The van der Waals surface area contributed by atoms with E-state index in [1.165, 1.54) is 11.8 Å². The van der Waals surface area contributed by atoms with Gasteiger partial charge in [0.2, 0.25) is 0 Å². The van der Waals surface area contributed by atoms with Gasteiger partial charge in [-0.3, -0.25) is 9.79 Å². The van der Waals surface area contributed by atoms with Crippen molar-refractivity contribution in [1.82, 2.24) is 16.0 Å². The molecule has 1 fully saturated rings. The van der Waals surface area contributed by atoms with Crippen LogP contribution in [0, 0.1) is 0 Å². The Labute approximate surface area is 171 Å². The molecule has 7 nitrogen and oxygen atoms in total. The maximum Gasteiger partial charge on any atom is 0.255 e. The van der Waals surface area contributed by atoms with Crippen LogP contribution in [0.15, 0.2) is 59.6 Å². The second kappa shape index (κ2) is 10.4. The largest absolute Gasteiger partial charge is 0.507 e. The van der Waals surface area contributed by atoms with E-state index < -0.39 is 0 Å². The summed E-state index contributed by atoms with van der Waals surface area (Å²) < 4.78 is 0. The van der Waals surface area contributed by atoms with Gasteiger partial charge in [-0.05, 0) is 37.6 Å². The van der Waals surface area contributed by atoms with E-state index in [2.05, 4.69) is 50.1 Å². The zero-order valence-electron chi connectivity index (χ0n) is 16.8. The van der Waals surface area contributed by atoms with Crippen LogP contribution >= 0.6 is 0 Å². The van der Waals surface area contributed by atoms with Crippen molar-refractivity contribution in [2.75, 3.05) is 37.6 Å². The summed E-state index contributed by atoms with van der Waals surface area (Å²) in [5.74, 6) is 0.433. The molecule has 1 aliphatic rings. The standard InChI is InChI=1S/C22H29N5O2/c1-2-23-22(25-14-13-24-21(29)19-10-6-7-11-20(19)28)26-17-12-15-27(16-17)18-8-4-3-5-9-18/h3-11,17,28H,2,12-16H2,1H3,(H,24,29)(H2,23,25,26). The average molecular weight is 396 g/mol. The molecule has 2 aromatic rings. The van der Waals surface area contributed by atoms with Crippen LogP contribution in [0.4, 0.5) is 5.69 Å². The number of phenols is 1. The predicted octanol–water partition coefficient (Wildman–Crippen LogP) is 1.96. The molecule has 1 heterocycles. The Hall–Kier alpha value is -3.22. The van der Waals surface area contributed by atoms with Crippen molar-refractivity contribution in [2.45, 2.75) is 19.4 Å². The van der Waals surface area contributed by atoms with Crippen LogP contribution < -0.4 is 20.9 Å². The molecular formula is C22H29N5O2. The number of carbonyl (C=O) groups is 1. The third-order valence-electron chi connectivity index (χ3n) is 4.81.